The number of nitrogens with one attached hydrogen (secondary N) is 1. The third-order valence-corrected chi connectivity index (χ3v) is 5.63. The molecular formula is C19H27N5O2S. The Bertz CT molecular complexity index is 771. The van der Waals surface area contributed by atoms with Gasteiger partial charge in [-0.15, -0.1) is 11.8 Å². The van der Waals surface area contributed by atoms with E-state index in [1.165, 1.54) is 17.4 Å². The quantitative estimate of drug-likeness (QED) is 0.780. The number of carbonyl (C=O) groups excluding carboxylic acids is 1. The monoisotopic (exact) mass is 389 g/mol. The molecule has 1 amide bonds. The van der Waals surface area contributed by atoms with Crippen molar-refractivity contribution in [2.45, 2.75) is 26.5 Å². The molecule has 0 unspecified atom stereocenters. The van der Waals surface area contributed by atoms with Crippen molar-refractivity contribution in [1.82, 2.24) is 15.0 Å². The minimum absolute atomic E-state index is 0.0207. The first-order valence-electron chi connectivity index (χ1n) is 9.30. The van der Waals surface area contributed by atoms with Crippen LogP contribution in [0.4, 0.5) is 11.4 Å². The van der Waals surface area contributed by atoms with Crippen LogP contribution >= 0.6 is 11.8 Å². The number of aromatic nitrogens is 2. The number of rotatable bonds is 7. The molecule has 8 heteroatoms. The van der Waals surface area contributed by atoms with E-state index in [1.807, 2.05) is 13.0 Å². The summed E-state index contributed by atoms with van der Waals surface area (Å²) in [5.74, 6) is 2.06. The summed E-state index contributed by atoms with van der Waals surface area (Å²) >= 11 is 1.47. The fourth-order valence-corrected chi connectivity index (χ4v) is 3.79. The summed E-state index contributed by atoms with van der Waals surface area (Å²) in [6, 6.07) is 6.26. The maximum atomic E-state index is 12.2. The van der Waals surface area contributed by atoms with E-state index in [0.29, 0.717) is 23.2 Å². The molecule has 1 aromatic heterocycles. The van der Waals surface area contributed by atoms with Gasteiger partial charge in [0.25, 0.3) is 0 Å². The number of thioether (sulfide) groups is 1. The van der Waals surface area contributed by atoms with E-state index in [0.717, 1.165) is 44.0 Å². The molecule has 146 valence electrons. The van der Waals surface area contributed by atoms with Crippen LogP contribution in [-0.2, 0) is 10.5 Å². The highest BCUT2D eigenvalue weighted by molar-refractivity contribution is 7.99. The highest BCUT2D eigenvalue weighted by atomic mass is 32.2. The number of hydrogen-bond acceptors (Lipinski definition) is 7. The number of anilines is 2. The molecule has 1 saturated heterocycles. The van der Waals surface area contributed by atoms with E-state index in [4.69, 9.17) is 4.52 Å². The molecule has 2 aromatic rings. The van der Waals surface area contributed by atoms with Crippen molar-refractivity contribution in [3.05, 3.63) is 35.5 Å². The normalized spacial score (nSPS) is 15.1. The Morgan fingerprint density at radius 2 is 2.04 bits per heavy atom. The molecule has 1 aliphatic heterocycles. The van der Waals surface area contributed by atoms with Gasteiger partial charge in [-0.2, -0.15) is 4.98 Å². The number of piperazine rings is 1. The number of hydrogen-bond donors (Lipinski definition) is 1. The first-order valence-corrected chi connectivity index (χ1v) is 10.5. The highest BCUT2D eigenvalue weighted by Crippen LogP contribution is 2.24. The first kappa shape index (κ1) is 19.7. The zero-order valence-corrected chi connectivity index (χ0v) is 17.0. The number of aryl methyl sites for hydroxylation is 2. The molecule has 1 aromatic carbocycles. The lowest BCUT2D eigenvalue weighted by molar-refractivity contribution is -0.113. The molecule has 0 spiro atoms. The molecule has 0 saturated carbocycles. The molecule has 3 rings (SSSR count). The second-order valence-electron chi connectivity index (χ2n) is 6.69. The summed E-state index contributed by atoms with van der Waals surface area (Å²) in [6.45, 7) is 11.4. The lowest BCUT2D eigenvalue weighted by Gasteiger charge is -2.35. The van der Waals surface area contributed by atoms with E-state index >= 15 is 0 Å². The highest BCUT2D eigenvalue weighted by Gasteiger charge is 2.16. The van der Waals surface area contributed by atoms with Crippen molar-refractivity contribution in [3.63, 3.8) is 0 Å². The Kier molecular flexibility index (Phi) is 6.73. The molecule has 0 bridgehead atoms. The maximum absolute atomic E-state index is 12.2. The van der Waals surface area contributed by atoms with E-state index < -0.39 is 0 Å². The fourth-order valence-electron chi connectivity index (χ4n) is 3.13. The summed E-state index contributed by atoms with van der Waals surface area (Å²) in [4.78, 5) is 21.2. The van der Waals surface area contributed by atoms with Gasteiger partial charge in [0, 0.05) is 44.5 Å². The maximum Gasteiger partial charge on any atom is 0.234 e. The van der Waals surface area contributed by atoms with Crippen molar-refractivity contribution in [1.29, 1.82) is 0 Å². The largest absolute Gasteiger partial charge is 0.369 e. The van der Waals surface area contributed by atoms with Crippen LogP contribution in [0, 0.1) is 13.8 Å². The molecule has 0 atom stereocenters. The summed E-state index contributed by atoms with van der Waals surface area (Å²) in [7, 11) is 0. The molecule has 7 nitrogen and oxygen atoms in total. The first-order chi connectivity index (χ1) is 13.0. The molecular weight excluding hydrogens is 362 g/mol. The number of amides is 1. The summed E-state index contributed by atoms with van der Waals surface area (Å²) in [5.41, 5.74) is 3.17. The predicted octanol–water partition coefficient (Wildman–Crippen LogP) is 2.70. The van der Waals surface area contributed by atoms with Crippen LogP contribution < -0.4 is 10.2 Å². The SMILES string of the molecule is CCN1CCN(c2ccc(NC(=O)CSCc3noc(C)n3)c(C)c2)CC1. The van der Waals surface area contributed by atoms with Crippen molar-refractivity contribution in [2.75, 3.05) is 48.7 Å². The van der Waals surface area contributed by atoms with Crippen LogP contribution in [0.15, 0.2) is 22.7 Å². The van der Waals surface area contributed by atoms with Crippen LogP contribution in [0.3, 0.4) is 0 Å². The van der Waals surface area contributed by atoms with Crippen LogP contribution in [0.1, 0.15) is 24.2 Å². The van der Waals surface area contributed by atoms with E-state index in [1.54, 1.807) is 6.92 Å². The van der Waals surface area contributed by atoms with Gasteiger partial charge in [-0.3, -0.25) is 4.79 Å². The number of nitrogens with zero attached hydrogens (tertiary/aromatic N) is 4. The zero-order valence-electron chi connectivity index (χ0n) is 16.2. The lowest BCUT2D eigenvalue weighted by atomic mass is 10.1. The molecule has 1 aliphatic rings. The average Bonchev–Trinajstić information content (AvgIpc) is 3.08. The zero-order chi connectivity index (χ0) is 19.2. The Labute approximate surface area is 164 Å². The fraction of sp³-hybridized carbons (Fsp3) is 0.526. The number of carbonyl (C=O) groups is 1. The van der Waals surface area contributed by atoms with Gasteiger partial charge in [-0.05, 0) is 37.2 Å². The Balaban J connectivity index is 1.49. The molecule has 0 aliphatic carbocycles. The van der Waals surface area contributed by atoms with E-state index in [2.05, 4.69) is 44.3 Å². The summed E-state index contributed by atoms with van der Waals surface area (Å²) < 4.78 is 4.93. The van der Waals surface area contributed by atoms with Crippen molar-refractivity contribution < 1.29 is 9.32 Å². The molecule has 0 radical (unpaired) electrons. The van der Waals surface area contributed by atoms with Crippen LogP contribution in [0.25, 0.3) is 0 Å². The standard InChI is InChI=1S/C19H27N5O2S/c1-4-23-7-9-24(10-8-23)16-5-6-17(14(2)11-16)21-19(25)13-27-12-18-20-15(3)26-22-18/h5-6,11H,4,7-10,12-13H2,1-3H3,(H,21,25). The van der Waals surface area contributed by atoms with E-state index in [9.17, 15) is 4.79 Å². The second kappa shape index (κ2) is 9.23. The average molecular weight is 390 g/mol. The van der Waals surface area contributed by atoms with Gasteiger partial charge >= 0.3 is 0 Å². The Hall–Kier alpha value is -2.06. The molecule has 1 fully saturated rings. The Morgan fingerprint density at radius 1 is 1.26 bits per heavy atom. The van der Waals surface area contributed by atoms with E-state index in [-0.39, 0.29) is 5.91 Å². The van der Waals surface area contributed by atoms with Gasteiger partial charge in [-0.25, -0.2) is 0 Å². The number of likely N-dealkylation sites (N-methyl/N-ethyl adjacent to an activating group) is 1. The summed E-state index contributed by atoms with van der Waals surface area (Å²) in [5, 5.41) is 6.83. The Morgan fingerprint density at radius 3 is 2.67 bits per heavy atom. The lowest BCUT2D eigenvalue weighted by Crippen LogP contribution is -2.46. The molecule has 1 N–H and O–H groups in total. The molecule has 27 heavy (non-hydrogen) atoms. The summed E-state index contributed by atoms with van der Waals surface area (Å²) in [6.07, 6.45) is 0. The third-order valence-electron chi connectivity index (χ3n) is 4.70. The predicted molar refractivity (Wildman–Crippen MR) is 109 cm³/mol. The van der Waals surface area contributed by atoms with Gasteiger partial charge < -0.3 is 19.6 Å². The van der Waals surface area contributed by atoms with Crippen LogP contribution in [-0.4, -0.2) is 59.4 Å². The van der Waals surface area contributed by atoms with Gasteiger partial charge in [-0.1, -0.05) is 12.1 Å². The minimum atomic E-state index is -0.0207. The van der Waals surface area contributed by atoms with Gasteiger partial charge in [0.05, 0.1) is 11.5 Å². The van der Waals surface area contributed by atoms with Crippen LogP contribution in [0.5, 0.6) is 0 Å². The van der Waals surface area contributed by atoms with Gasteiger partial charge in [0.2, 0.25) is 11.8 Å². The smallest absolute Gasteiger partial charge is 0.234 e. The molecule has 2 heterocycles. The van der Waals surface area contributed by atoms with Crippen molar-refractivity contribution in [3.8, 4) is 0 Å². The number of benzene rings is 1. The van der Waals surface area contributed by atoms with Crippen LogP contribution in [0.2, 0.25) is 0 Å². The van der Waals surface area contributed by atoms with Crippen molar-refractivity contribution >= 4 is 29.0 Å². The van der Waals surface area contributed by atoms with Gasteiger partial charge in [0.15, 0.2) is 5.82 Å². The minimum Gasteiger partial charge on any atom is -0.369 e. The third kappa shape index (κ3) is 5.46. The van der Waals surface area contributed by atoms with Crippen molar-refractivity contribution in [2.24, 2.45) is 0 Å². The second-order valence-corrected chi connectivity index (χ2v) is 7.68. The topological polar surface area (TPSA) is 74.5 Å². The van der Waals surface area contributed by atoms with Gasteiger partial charge in [0.1, 0.15) is 0 Å².